The van der Waals surface area contributed by atoms with E-state index in [1.54, 1.807) is 48.5 Å². The molecule has 0 aliphatic carbocycles. The molecular formula is C54H36F4. The van der Waals surface area contributed by atoms with E-state index < -0.39 is 0 Å². The fourth-order valence-electron chi connectivity index (χ4n) is 6.97. The normalized spacial score (nSPS) is 11.3. The molecule has 0 aliphatic rings. The predicted molar refractivity (Wildman–Crippen MR) is 234 cm³/mol. The zero-order valence-corrected chi connectivity index (χ0v) is 31.3. The lowest BCUT2D eigenvalue weighted by molar-refractivity contribution is 0.627. The fraction of sp³-hybridized carbons (Fsp3) is 0. The van der Waals surface area contributed by atoms with Crippen LogP contribution >= 0.6 is 0 Å². The molecule has 0 saturated carbocycles. The number of fused-ring (bicyclic) bond motifs is 1. The van der Waals surface area contributed by atoms with Crippen molar-refractivity contribution in [3.63, 3.8) is 0 Å². The van der Waals surface area contributed by atoms with Crippen molar-refractivity contribution in [3.8, 4) is 0 Å². The molecule has 0 atom stereocenters. The maximum atomic E-state index is 13.7. The van der Waals surface area contributed by atoms with Crippen LogP contribution in [-0.4, -0.2) is 0 Å². The Balaban J connectivity index is 1.03. The van der Waals surface area contributed by atoms with Crippen molar-refractivity contribution in [1.82, 2.24) is 0 Å². The standard InChI is InChI=1S/C54H36F4/c55-48-27-19-41(20-28-48)52(42-21-29-49(56)30-22-42)35-39-11-7-37(8-12-39)15-17-46-5-1-3-45-4-2-6-47(54(45)46)18-16-38-9-13-40(14-10-38)36-53(43-23-31-50(57)32-24-43)44-25-33-51(58)34-26-44/h1-36H/b17-15+,18-16+. The minimum absolute atomic E-state index is 0.313. The topological polar surface area (TPSA) is 0 Å². The summed E-state index contributed by atoms with van der Waals surface area (Å²) in [5.41, 5.74) is 11.2. The van der Waals surface area contributed by atoms with Gasteiger partial charge in [0.25, 0.3) is 0 Å². The van der Waals surface area contributed by atoms with Gasteiger partial charge >= 0.3 is 0 Å². The van der Waals surface area contributed by atoms with Crippen molar-refractivity contribution in [2.24, 2.45) is 0 Å². The maximum Gasteiger partial charge on any atom is 0.123 e. The summed E-state index contributed by atoms with van der Waals surface area (Å²) in [5.74, 6) is -1.25. The zero-order valence-electron chi connectivity index (χ0n) is 31.3. The lowest BCUT2D eigenvalue weighted by atomic mass is 9.95. The van der Waals surface area contributed by atoms with Gasteiger partial charge in [-0.25, -0.2) is 17.6 Å². The van der Waals surface area contributed by atoms with Gasteiger partial charge in [-0.3, -0.25) is 0 Å². The van der Waals surface area contributed by atoms with Crippen LogP contribution in [0.4, 0.5) is 17.6 Å². The van der Waals surface area contributed by atoms with Crippen LogP contribution < -0.4 is 0 Å². The zero-order chi connectivity index (χ0) is 39.8. The smallest absolute Gasteiger partial charge is 0.123 e. The van der Waals surface area contributed by atoms with E-state index in [1.165, 1.54) is 48.5 Å². The number of hydrogen-bond acceptors (Lipinski definition) is 0. The highest BCUT2D eigenvalue weighted by Gasteiger charge is 2.09. The molecule has 0 radical (unpaired) electrons. The van der Waals surface area contributed by atoms with E-state index in [-0.39, 0.29) is 23.3 Å². The molecule has 0 spiro atoms. The Morgan fingerprint density at radius 3 is 0.897 bits per heavy atom. The van der Waals surface area contributed by atoms with Crippen LogP contribution in [-0.2, 0) is 0 Å². The average Bonchev–Trinajstić information content (AvgIpc) is 3.25. The summed E-state index contributed by atoms with van der Waals surface area (Å²) in [6.45, 7) is 0. The van der Waals surface area contributed by atoms with Crippen molar-refractivity contribution in [2.45, 2.75) is 0 Å². The van der Waals surface area contributed by atoms with Gasteiger partial charge in [-0.2, -0.15) is 0 Å². The monoisotopic (exact) mass is 760 g/mol. The first-order valence-corrected chi connectivity index (χ1v) is 18.9. The third kappa shape index (κ3) is 9.04. The summed E-state index contributed by atoms with van der Waals surface area (Å²) in [5, 5.41) is 2.27. The van der Waals surface area contributed by atoms with E-state index in [2.05, 4.69) is 85.0 Å². The van der Waals surface area contributed by atoms with Crippen LogP contribution in [0.3, 0.4) is 0 Å². The van der Waals surface area contributed by atoms with Gasteiger partial charge < -0.3 is 0 Å². The number of halogens is 4. The summed E-state index contributed by atoms with van der Waals surface area (Å²) in [6.07, 6.45) is 12.5. The van der Waals surface area contributed by atoms with Gasteiger partial charge in [0.2, 0.25) is 0 Å². The van der Waals surface area contributed by atoms with Crippen LogP contribution in [0.2, 0.25) is 0 Å². The van der Waals surface area contributed by atoms with Crippen LogP contribution in [0.25, 0.3) is 58.4 Å². The van der Waals surface area contributed by atoms with Gasteiger partial charge in [-0.15, -0.1) is 0 Å². The van der Waals surface area contributed by atoms with Gasteiger partial charge in [0.05, 0.1) is 0 Å². The third-order valence-corrected chi connectivity index (χ3v) is 10.00. The van der Waals surface area contributed by atoms with E-state index in [0.29, 0.717) is 0 Å². The first-order valence-electron chi connectivity index (χ1n) is 18.9. The molecule has 0 amide bonds. The average molecular weight is 761 g/mol. The molecule has 0 aliphatic heterocycles. The van der Waals surface area contributed by atoms with Crippen LogP contribution in [0.5, 0.6) is 0 Å². The highest BCUT2D eigenvalue weighted by molar-refractivity contribution is 6.00. The summed E-state index contributed by atoms with van der Waals surface area (Å²) in [7, 11) is 0. The van der Waals surface area contributed by atoms with Crippen molar-refractivity contribution < 1.29 is 17.6 Å². The number of rotatable bonds is 10. The van der Waals surface area contributed by atoms with Crippen molar-refractivity contribution in [3.05, 3.63) is 261 Å². The quantitative estimate of drug-likeness (QED) is 0.0962. The molecule has 0 bridgehead atoms. The van der Waals surface area contributed by atoms with Crippen LogP contribution in [0.1, 0.15) is 55.6 Å². The second kappa shape index (κ2) is 17.2. The minimum Gasteiger partial charge on any atom is -0.207 e. The molecular weight excluding hydrogens is 725 g/mol. The van der Waals surface area contributed by atoms with Gasteiger partial charge in [0.15, 0.2) is 0 Å². The van der Waals surface area contributed by atoms with Crippen LogP contribution in [0.15, 0.2) is 182 Å². The lowest BCUT2D eigenvalue weighted by Crippen LogP contribution is -1.90. The molecule has 0 unspecified atom stereocenters. The molecule has 8 aromatic carbocycles. The number of benzene rings is 8. The van der Waals surface area contributed by atoms with E-state index in [4.69, 9.17) is 0 Å². The van der Waals surface area contributed by atoms with Crippen molar-refractivity contribution in [1.29, 1.82) is 0 Å². The Labute approximate surface area is 335 Å². The lowest BCUT2D eigenvalue weighted by Gasteiger charge is -2.10. The second-order valence-electron chi connectivity index (χ2n) is 13.9. The third-order valence-electron chi connectivity index (χ3n) is 10.00. The fourth-order valence-corrected chi connectivity index (χ4v) is 6.97. The Kier molecular flexibility index (Phi) is 11.2. The predicted octanol–water partition coefficient (Wildman–Crippen LogP) is 14.9. The largest absolute Gasteiger partial charge is 0.207 e. The molecule has 280 valence electrons. The highest BCUT2D eigenvalue weighted by Crippen LogP contribution is 2.30. The summed E-state index contributed by atoms with van der Waals surface area (Å²) in [4.78, 5) is 0. The van der Waals surface area contributed by atoms with E-state index >= 15 is 0 Å². The summed E-state index contributed by atoms with van der Waals surface area (Å²) < 4.78 is 55.0. The first kappa shape index (κ1) is 37.6. The molecule has 0 nitrogen and oxygen atoms in total. The molecule has 0 aromatic heterocycles. The molecule has 8 aromatic rings. The minimum atomic E-state index is -0.313. The number of hydrogen-bond donors (Lipinski definition) is 0. The van der Waals surface area contributed by atoms with Gasteiger partial charge in [0.1, 0.15) is 23.3 Å². The second-order valence-corrected chi connectivity index (χ2v) is 13.9. The molecule has 0 N–H and O–H groups in total. The Bertz CT molecular complexity index is 2500. The van der Waals surface area contributed by atoms with Gasteiger partial charge in [-0.05, 0) is 138 Å². The molecule has 0 fully saturated rings. The SMILES string of the molecule is Fc1ccc(C(=Cc2ccc(/C=C/c3cccc4cccc(/C=C/c5ccc(C=C(c6ccc(F)cc6)c6ccc(F)cc6)cc5)c34)cc2)c2ccc(F)cc2)cc1. The van der Waals surface area contributed by atoms with Crippen molar-refractivity contribution >= 4 is 58.4 Å². The molecule has 0 saturated heterocycles. The molecule has 58 heavy (non-hydrogen) atoms. The van der Waals surface area contributed by atoms with Gasteiger partial charge in [-0.1, -0.05) is 158 Å². The van der Waals surface area contributed by atoms with E-state index in [9.17, 15) is 17.6 Å². The molecule has 4 heteroatoms. The summed E-state index contributed by atoms with van der Waals surface area (Å²) >= 11 is 0. The Morgan fingerprint density at radius 2 is 0.586 bits per heavy atom. The van der Waals surface area contributed by atoms with E-state index in [0.717, 1.165) is 77.6 Å². The Hall–Kier alpha value is -7.30. The first-order chi connectivity index (χ1) is 28.3. The van der Waals surface area contributed by atoms with Crippen molar-refractivity contribution in [2.75, 3.05) is 0 Å². The summed E-state index contributed by atoms with van der Waals surface area (Å²) in [6, 6.07) is 54.3. The van der Waals surface area contributed by atoms with Gasteiger partial charge in [0, 0.05) is 0 Å². The van der Waals surface area contributed by atoms with Crippen LogP contribution in [0, 0.1) is 23.3 Å². The Morgan fingerprint density at radius 1 is 0.293 bits per heavy atom. The van der Waals surface area contributed by atoms with E-state index in [1.807, 2.05) is 36.4 Å². The highest BCUT2D eigenvalue weighted by atomic mass is 19.1. The molecule has 8 rings (SSSR count). The molecule has 0 heterocycles. The maximum absolute atomic E-state index is 13.7.